The summed E-state index contributed by atoms with van der Waals surface area (Å²) in [6, 6.07) is 15.6. The van der Waals surface area contributed by atoms with E-state index in [-0.39, 0.29) is 6.10 Å². The van der Waals surface area contributed by atoms with Crippen LogP contribution in [-0.2, 0) is 6.54 Å². The molecule has 0 saturated carbocycles. The first kappa shape index (κ1) is 15.7. The molecule has 4 heteroatoms. The van der Waals surface area contributed by atoms with Crippen LogP contribution in [0.25, 0.3) is 0 Å². The van der Waals surface area contributed by atoms with Gasteiger partial charge in [0.05, 0.1) is 6.10 Å². The quantitative estimate of drug-likeness (QED) is 0.860. The number of thiophene rings is 1. The first-order valence-electron chi connectivity index (χ1n) is 7.95. The molecule has 3 atom stereocenters. The lowest BCUT2D eigenvalue weighted by atomic mass is 10.1. The number of aliphatic hydroxyl groups excluding tert-OH is 1. The van der Waals surface area contributed by atoms with E-state index >= 15 is 0 Å². The number of hydrogen-bond donors (Lipinski definition) is 2. The standard InChI is InChI=1S/C18H24N2OS/c1-14(18-8-5-9-22-18)19-11-16-10-17(21)13-20(16)12-15-6-3-2-4-7-15/h2-9,14,16-17,19,21H,10-13H2,1H3/t14-,16-,17-/m0/s1. The van der Waals surface area contributed by atoms with Gasteiger partial charge in [-0.2, -0.15) is 0 Å². The molecule has 1 saturated heterocycles. The topological polar surface area (TPSA) is 35.5 Å². The Labute approximate surface area is 136 Å². The Morgan fingerprint density at radius 1 is 1.27 bits per heavy atom. The van der Waals surface area contributed by atoms with Crippen LogP contribution in [0, 0.1) is 0 Å². The van der Waals surface area contributed by atoms with Gasteiger partial charge in [-0.25, -0.2) is 0 Å². The van der Waals surface area contributed by atoms with Crippen molar-refractivity contribution in [3.8, 4) is 0 Å². The van der Waals surface area contributed by atoms with E-state index in [1.54, 1.807) is 11.3 Å². The average Bonchev–Trinajstić information content (AvgIpc) is 3.16. The summed E-state index contributed by atoms with van der Waals surface area (Å²) in [6.07, 6.45) is 0.657. The Morgan fingerprint density at radius 3 is 2.82 bits per heavy atom. The Morgan fingerprint density at radius 2 is 2.09 bits per heavy atom. The van der Waals surface area contributed by atoms with Crippen LogP contribution in [0.3, 0.4) is 0 Å². The molecule has 0 radical (unpaired) electrons. The summed E-state index contributed by atoms with van der Waals surface area (Å²) in [6.45, 7) is 4.81. The molecule has 0 spiro atoms. The minimum atomic E-state index is -0.201. The van der Waals surface area contributed by atoms with Crippen molar-refractivity contribution < 1.29 is 5.11 Å². The first-order valence-corrected chi connectivity index (χ1v) is 8.83. The Kier molecular flexibility index (Phi) is 5.26. The van der Waals surface area contributed by atoms with Crippen LogP contribution in [0.1, 0.15) is 29.8 Å². The third-order valence-electron chi connectivity index (χ3n) is 4.36. The number of likely N-dealkylation sites (tertiary alicyclic amines) is 1. The maximum Gasteiger partial charge on any atom is 0.0682 e. The number of hydrogen-bond acceptors (Lipinski definition) is 4. The monoisotopic (exact) mass is 316 g/mol. The summed E-state index contributed by atoms with van der Waals surface area (Å²) in [4.78, 5) is 3.77. The first-order chi connectivity index (χ1) is 10.7. The zero-order valence-electron chi connectivity index (χ0n) is 13.0. The van der Waals surface area contributed by atoms with Crippen molar-refractivity contribution in [3.63, 3.8) is 0 Å². The molecule has 2 aromatic rings. The van der Waals surface area contributed by atoms with Crippen molar-refractivity contribution in [3.05, 3.63) is 58.3 Å². The summed E-state index contributed by atoms with van der Waals surface area (Å²) < 4.78 is 0. The highest BCUT2D eigenvalue weighted by Gasteiger charge is 2.30. The lowest BCUT2D eigenvalue weighted by Crippen LogP contribution is -2.38. The predicted octanol–water partition coefficient (Wildman–Crippen LogP) is 3.03. The number of benzene rings is 1. The van der Waals surface area contributed by atoms with Crippen LogP contribution in [0.15, 0.2) is 47.8 Å². The van der Waals surface area contributed by atoms with Crippen LogP contribution in [0.5, 0.6) is 0 Å². The molecule has 2 heterocycles. The molecule has 1 aliphatic heterocycles. The van der Waals surface area contributed by atoms with Gasteiger partial charge in [0.15, 0.2) is 0 Å². The van der Waals surface area contributed by atoms with Gasteiger partial charge in [-0.15, -0.1) is 11.3 Å². The molecular weight excluding hydrogens is 292 g/mol. The zero-order chi connectivity index (χ0) is 15.4. The molecule has 0 bridgehead atoms. The van der Waals surface area contributed by atoms with Crippen LogP contribution < -0.4 is 5.32 Å². The fourth-order valence-corrected chi connectivity index (χ4v) is 3.89. The van der Waals surface area contributed by atoms with Gasteiger partial charge in [-0.1, -0.05) is 36.4 Å². The van der Waals surface area contributed by atoms with E-state index in [4.69, 9.17) is 0 Å². The maximum absolute atomic E-state index is 10.0. The van der Waals surface area contributed by atoms with Crippen molar-refractivity contribution in [1.82, 2.24) is 10.2 Å². The highest BCUT2D eigenvalue weighted by molar-refractivity contribution is 7.10. The average molecular weight is 316 g/mol. The van der Waals surface area contributed by atoms with Gasteiger partial charge >= 0.3 is 0 Å². The molecule has 2 N–H and O–H groups in total. The normalized spacial score (nSPS) is 23.7. The van der Waals surface area contributed by atoms with Crippen molar-refractivity contribution >= 4 is 11.3 Å². The van der Waals surface area contributed by atoms with E-state index in [9.17, 15) is 5.11 Å². The summed E-state index contributed by atoms with van der Waals surface area (Å²) in [5.74, 6) is 0. The molecule has 1 aromatic carbocycles. The molecule has 3 rings (SSSR count). The smallest absolute Gasteiger partial charge is 0.0682 e. The van der Waals surface area contributed by atoms with Gasteiger partial charge in [-0.3, -0.25) is 4.90 Å². The van der Waals surface area contributed by atoms with E-state index in [1.165, 1.54) is 10.4 Å². The molecule has 0 aliphatic carbocycles. The molecule has 22 heavy (non-hydrogen) atoms. The van der Waals surface area contributed by atoms with Crippen molar-refractivity contribution in [2.24, 2.45) is 0 Å². The second kappa shape index (κ2) is 7.38. The maximum atomic E-state index is 10.0. The fraction of sp³-hybridized carbons (Fsp3) is 0.444. The Balaban J connectivity index is 1.56. The third-order valence-corrected chi connectivity index (χ3v) is 5.42. The van der Waals surface area contributed by atoms with E-state index in [2.05, 4.69) is 58.9 Å². The molecule has 1 aromatic heterocycles. The summed E-state index contributed by atoms with van der Waals surface area (Å²) in [5, 5.41) is 15.8. The number of aliphatic hydroxyl groups is 1. The van der Waals surface area contributed by atoms with Crippen molar-refractivity contribution in [2.75, 3.05) is 13.1 Å². The number of nitrogens with zero attached hydrogens (tertiary/aromatic N) is 1. The van der Waals surface area contributed by atoms with Gasteiger partial charge in [0.25, 0.3) is 0 Å². The minimum absolute atomic E-state index is 0.201. The van der Waals surface area contributed by atoms with E-state index < -0.39 is 0 Å². The molecule has 1 fully saturated rings. The van der Waals surface area contributed by atoms with Crippen LogP contribution >= 0.6 is 11.3 Å². The van der Waals surface area contributed by atoms with E-state index in [0.29, 0.717) is 12.1 Å². The van der Waals surface area contributed by atoms with Gasteiger partial charge in [0.2, 0.25) is 0 Å². The summed E-state index contributed by atoms with van der Waals surface area (Å²) in [7, 11) is 0. The molecule has 0 amide bonds. The van der Waals surface area contributed by atoms with E-state index in [0.717, 1.165) is 26.1 Å². The van der Waals surface area contributed by atoms with Crippen molar-refractivity contribution in [2.45, 2.75) is 38.1 Å². The van der Waals surface area contributed by atoms with Crippen molar-refractivity contribution in [1.29, 1.82) is 0 Å². The summed E-state index contributed by atoms with van der Waals surface area (Å²) >= 11 is 1.79. The second-order valence-electron chi connectivity index (χ2n) is 6.10. The third kappa shape index (κ3) is 3.96. The minimum Gasteiger partial charge on any atom is -0.392 e. The Bertz CT molecular complexity index is 558. The van der Waals surface area contributed by atoms with E-state index in [1.807, 2.05) is 6.07 Å². The summed E-state index contributed by atoms with van der Waals surface area (Å²) in [5.41, 5.74) is 1.31. The molecule has 0 unspecified atom stereocenters. The number of β-amino-alcohol motifs (C(OH)–C–C–N with tert-alkyl or cyclic N) is 1. The molecule has 118 valence electrons. The number of nitrogens with one attached hydrogen (secondary N) is 1. The second-order valence-corrected chi connectivity index (χ2v) is 7.08. The molecule has 3 nitrogen and oxygen atoms in total. The SMILES string of the molecule is C[C@H](NC[C@@H]1C[C@H](O)CN1Cc1ccccc1)c1cccs1. The van der Waals surface area contributed by atoms with Gasteiger partial charge < -0.3 is 10.4 Å². The largest absolute Gasteiger partial charge is 0.392 e. The van der Waals surface area contributed by atoms with Crippen LogP contribution in [-0.4, -0.2) is 35.2 Å². The lowest BCUT2D eigenvalue weighted by molar-refractivity contribution is 0.172. The molecular formula is C18H24N2OS. The Hall–Kier alpha value is -1.20. The van der Waals surface area contributed by atoms with Gasteiger partial charge in [0.1, 0.15) is 0 Å². The predicted molar refractivity (Wildman–Crippen MR) is 92.0 cm³/mol. The fourth-order valence-electron chi connectivity index (χ4n) is 3.13. The highest BCUT2D eigenvalue weighted by Crippen LogP contribution is 2.22. The number of rotatable bonds is 6. The van der Waals surface area contributed by atoms with Gasteiger partial charge in [0, 0.05) is 36.6 Å². The van der Waals surface area contributed by atoms with Gasteiger partial charge in [-0.05, 0) is 30.4 Å². The van der Waals surface area contributed by atoms with Crippen LogP contribution in [0.2, 0.25) is 0 Å². The van der Waals surface area contributed by atoms with Crippen LogP contribution in [0.4, 0.5) is 0 Å². The highest BCUT2D eigenvalue weighted by atomic mass is 32.1. The molecule has 1 aliphatic rings. The lowest BCUT2D eigenvalue weighted by Gasteiger charge is -2.26. The zero-order valence-corrected chi connectivity index (χ0v) is 13.8.